The topological polar surface area (TPSA) is 47.9 Å². The summed E-state index contributed by atoms with van der Waals surface area (Å²) < 4.78 is 0. The Morgan fingerprint density at radius 1 is 0.556 bits per heavy atom. The van der Waals surface area contributed by atoms with E-state index in [1.807, 2.05) is 0 Å². The monoisotopic (exact) mass is 379 g/mol. The zero-order valence-electron chi connectivity index (χ0n) is 18.7. The molecule has 0 aromatic heterocycles. The second-order valence-corrected chi connectivity index (χ2v) is 8.18. The second-order valence-electron chi connectivity index (χ2n) is 8.18. The summed E-state index contributed by atoms with van der Waals surface area (Å²) in [4.78, 5) is 0. The van der Waals surface area contributed by atoms with Crippen molar-refractivity contribution in [2.24, 2.45) is 5.92 Å². The maximum absolute atomic E-state index is 9.28. The molecule has 0 fully saturated rings. The predicted molar refractivity (Wildman–Crippen MR) is 120 cm³/mol. The third kappa shape index (κ3) is 21.6. The maximum Gasteiger partial charge on any atom is 0.0712 e. The molecule has 3 nitrogen and oxygen atoms in total. The van der Waals surface area contributed by atoms with Crippen LogP contribution < -0.4 is 10.6 Å². The average molecular weight is 380 g/mol. The van der Waals surface area contributed by atoms with Gasteiger partial charge in [-0.05, 0) is 25.9 Å². The van der Waals surface area contributed by atoms with Crippen LogP contribution in [-0.2, 0) is 0 Å². The highest BCUT2D eigenvalue weighted by Crippen LogP contribution is 2.09. The summed E-state index contributed by atoms with van der Waals surface area (Å²) in [5.41, 5.74) is 0. The van der Waals surface area contributed by atoms with Crippen LogP contribution >= 0.6 is 0 Å². The Hall–Kier alpha value is -0.590. The Morgan fingerprint density at radius 3 is 1.22 bits per heavy atom. The van der Waals surface area contributed by atoms with Gasteiger partial charge in [-0.3, -0.25) is 0 Å². The maximum atomic E-state index is 9.28. The Balaban J connectivity index is 3.29. The summed E-state index contributed by atoms with van der Waals surface area (Å²) in [6.07, 6.45) is 21.7. The van der Waals surface area contributed by atoms with E-state index in [1.54, 1.807) is 0 Å². The van der Waals surface area contributed by atoms with Gasteiger partial charge in [0.2, 0.25) is 0 Å². The molecule has 0 saturated carbocycles. The highest BCUT2D eigenvalue weighted by molar-refractivity contribution is 4.85. The molecule has 0 unspecified atom stereocenters. The molecule has 0 bridgehead atoms. The minimum absolute atomic E-state index is 0.105. The van der Waals surface area contributed by atoms with E-state index in [2.05, 4.69) is 30.6 Å². The van der Waals surface area contributed by atoms with Gasteiger partial charge in [-0.15, -0.1) is 0 Å². The molecule has 0 radical (unpaired) electrons. The van der Waals surface area contributed by atoms with E-state index in [0.717, 1.165) is 26.2 Å². The number of nitrogens with one attached hydrogen (secondary N) is 2. The number of nitrogens with zero attached hydrogens (tertiary/aromatic N) is 1. The van der Waals surface area contributed by atoms with Crippen LogP contribution in [0.2, 0.25) is 0 Å². The van der Waals surface area contributed by atoms with Crippen molar-refractivity contribution in [1.82, 2.24) is 10.6 Å². The lowest BCUT2D eigenvalue weighted by atomic mass is 10.1. The van der Waals surface area contributed by atoms with Gasteiger partial charge in [0, 0.05) is 13.1 Å². The molecular formula is C24H49N3. The quantitative estimate of drug-likeness (QED) is 0.209. The van der Waals surface area contributed by atoms with Gasteiger partial charge >= 0.3 is 0 Å². The van der Waals surface area contributed by atoms with Crippen LogP contribution in [0.5, 0.6) is 0 Å². The first-order chi connectivity index (χ1) is 13.3. The summed E-state index contributed by atoms with van der Waals surface area (Å²) >= 11 is 0. The standard InChI is InChI=1S/C24H49N3/c1-3-5-7-9-11-13-15-17-19-26-22-24(21-25)23-27-20-18-16-14-12-10-8-6-4-2/h24,26-27H,3-20,22-23H2,1-2H3. The molecule has 0 aliphatic rings. The van der Waals surface area contributed by atoms with Gasteiger partial charge in [0.25, 0.3) is 0 Å². The molecule has 0 heterocycles. The molecule has 0 saturated heterocycles. The van der Waals surface area contributed by atoms with Crippen molar-refractivity contribution >= 4 is 0 Å². The number of rotatable bonds is 22. The van der Waals surface area contributed by atoms with E-state index in [9.17, 15) is 5.26 Å². The largest absolute Gasteiger partial charge is 0.315 e. The minimum atomic E-state index is 0.105. The van der Waals surface area contributed by atoms with Crippen LogP contribution in [-0.4, -0.2) is 26.2 Å². The van der Waals surface area contributed by atoms with Crippen LogP contribution in [0.15, 0.2) is 0 Å². The van der Waals surface area contributed by atoms with Crippen LogP contribution in [0, 0.1) is 17.2 Å². The first-order valence-electron chi connectivity index (χ1n) is 12.2. The fourth-order valence-corrected chi connectivity index (χ4v) is 3.48. The molecule has 160 valence electrons. The number of hydrogen-bond donors (Lipinski definition) is 2. The van der Waals surface area contributed by atoms with Crippen molar-refractivity contribution in [3.8, 4) is 6.07 Å². The molecule has 0 amide bonds. The van der Waals surface area contributed by atoms with E-state index in [4.69, 9.17) is 0 Å². The fourth-order valence-electron chi connectivity index (χ4n) is 3.48. The third-order valence-electron chi connectivity index (χ3n) is 5.38. The summed E-state index contributed by atoms with van der Waals surface area (Å²) in [5.74, 6) is 0.105. The molecule has 0 rings (SSSR count). The van der Waals surface area contributed by atoms with Crippen molar-refractivity contribution in [1.29, 1.82) is 5.26 Å². The van der Waals surface area contributed by atoms with Gasteiger partial charge in [0.15, 0.2) is 0 Å². The van der Waals surface area contributed by atoms with Gasteiger partial charge in [0.05, 0.1) is 12.0 Å². The first-order valence-corrected chi connectivity index (χ1v) is 12.2. The van der Waals surface area contributed by atoms with Crippen LogP contribution in [0.1, 0.15) is 117 Å². The van der Waals surface area contributed by atoms with Crippen LogP contribution in [0.3, 0.4) is 0 Å². The van der Waals surface area contributed by atoms with Crippen molar-refractivity contribution in [2.75, 3.05) is 26.2 Å². The number of unbranched alkanes of at least 4 members (excludes halogenated alkanes) is 14. The number of hydrogen-bond acceptors (Lipinski definition) is 3. The van der Waals surface area contributed by atoms with E-state index >= 15 is 0 Å². The fraction of sp³-hybridized carbons (Fsp3) is 0.958. The molecule has 0 atom stereocenters. The Kier molecular flexibility index (Phi) is 22.9. The van der Waals surface area contributed by atoms with Crippen LogP contribution in [0.4, 0.5) is 0 Å². The van der Waals surface area contributed by atoms with Gasteiger partial charge in [-0.1, -0.05) is 104 Å². The zero-order chi connectivity index (χ0) is 19.8. The molecule has 0 aromatic rings. The van der Waals surface area contributed by atoms with E-state index < -0.39 is 0 Å². The molecule has 0 aliphatic carbocycles. The van der Waals surface area contributed by atoms with Crippen molar-refractivity contribution in [3.63, 3.8) is 0 Å². The Labute approximate surface area is 171 Å². The Morgan fingerprint density at radius 2 is 0.889 bits per heavy atom. The lowest BCUT2D eigenvalue weighted by Crippen LogP contribution is -2.31. The summed E-state index contributed by atoms with van der Waals surface area (Å²) in [5, 5.41) is 16.2. The molecule has 0 aromatic carbocycles. The predicted octanol–water partition coefficient (Wildman–Crippen LogP) is 6.59. The normalized spacial score (nSPS) is 11.2. The smallest absolute Gasteiger partial charge is 0.0712 e. The van der Waals surface area contributed by atoms with Crippen molar-refractivity contribution in [2.45, 2.75) is 117 Å². The van der Waals surface area contributed by atoms with E-state index in [0.29, 0.717) is 0 Å². The minimum Gasteiger partial charge on any atom is -0.315 e. The average Bonchev–Trinajstić information content (AvgIpc) is 2.69. The van der Waals surface area contributed by atoms with Crippen molar-refractivity contribution < 1.29 is 0 Å². The van der Waals surface area contributed by atoms with Crippen molar-refractivity contribution in [3.05, 3.63) is 0 Å². The Bertz CT molecular complexity index is 287. The SMILES string of the molecule is CCCCCCCCCCNCC(C#N)CNCCCCCCCCCC. The van der Waals surface area contributed by atoms with Gasteiger partial charge in [-0.25, -0.2) is 0 Å². The van der Waals surface area contributed by atoms with E-state index in [-0.39, 0.29) is 5.92 Å². The number of nitriles is 1. The van der Waals surface area contributed by atoms with Crippen LogP contribution in [0.25, 0.3) is 0 Å². The summed E-state index contributed by atoms with van der Waals surface area (Å²) in [7, 11) is 0. The molecule has 0 spiro atoms. The zero-order valence-corrected chi connectivity index (χ0v) is 18.7. The lowest BCUT2D eigenvalue weighted by Gasteiger charge is -2.12. The molecule has 3 heteroatoms. The summed E-state index contributed by atoms with van der Waals surface area (Å²) in [6.45, 7) is 8.32. The molecule has 2 N–H and O–H groups in total. The summed E-state index contributed by atoms with van der Waals surface area (Å²) in [6, 6.07) is 2.44. The van der Waals surface area contributed by atoms with Gasteiger partial charge in [0.1, 0.15) is 0 Å². The van der Waals surface area contributed by atoms with Gasteiger partial charge < -0.3 is 10.6 Å². The second kappa shape index (κ2) is 23.4. The lowest BCUT2D eigenvalue weighted by molar-refractivity contribution is 0.490. The highest BCUT2D eigenvalue weighted by atomic mass is 14.9. The van der Waals surface area contributed by atoms with Gasteiger partial charge in [-0.2, -0.15) is 5.26 Å². The molecule has 0 aliphatic heterocycles. The highest BCUT2D eigenvalue weighted by Gasteiger charge is 2.05. The molecule has 27 heavy (non-hydrogen) atoms. The third-order valence-corrected chi connectivity index (χ3v) is 5.38. The first kappa shape index (κ1) is 26.4. The van der Waals surface area contributed by atoms with E-state index in [1.165, 1.54) is 103 Å². The molecular weight excluding hydrogens is 330 g/mol.